The third-order valence-corrected chi connectivity index (χ3v) is 80.2. The van der Waals surface area contributed by atoms with Gasteiger partial charge in [0, 0.05) is 0 Å². The molecule has 61 heavy (non-hydrogen) atoms. The topological polar surface area (TPSA) is 25.8 Å². The number of pyridine rings is 2. The van der Waals surface area contributed by atoms with Crippen LogP contribution in [0, 0.1) is 47.3 Å². The fourth-order valence-electron chi connectivity index (χ4n) is 33.1. The molecule has 0 N–H and O–H groups in total. The molecule has 18 fully saturated rings. The first-order valence-electron chi connectivity index (χ1n) is 25.3. The number of hydrogen-bond donors (Lipinski definition) is 0. The molecular formula is C56H58FeN2P2. The van der Waals surface area contributed by atoms with Crippen molar-refractivity contribution in [3.63, 3.8) is 0 Å². The van der Waals surface area contributed by atoms with Gasteiger partial charge in [-0.2, -0.15) is 0 Å². The second-order valence-electron chi connectivity index (χ2n) is 27.5. The molecule has 2 nitrogen and oxygen atoms in total. The molecule has 5 aromatic rings. The molecule has 6 atom stereocenters. The Balaban J connectivity index is 0.868. The zero-order valence-electron chi connectivity index (χ0n) is 35.2. The summed E-state index contributed by atoms with van der Waals surface area (Å²) in [4.78, 5) is 19.8. The monoisotopic (exact) mass is 876 g/mol. The summed E-state index contributed by atoms with van der Waals surface area (Å²) in [5.74, 6) is 8.56. The second-order valence-corrected chi connectivity index (χ2v) is 53.8. The van der Waals surface area contributed by atoms with E-state index in [1.807, 2.05) is 5.56 Å². The first-order valence-corrected chi connectivity index (χ1v) is 33.6. The molecular weight excluding hydrogens is 818 g/mol. The predicted octanol–water partition coefficient (Wildman–Crippen LogP) is 14.3. The standard InChI is InChI=1S/C51H53N2P2.C5H5.Fe/c54-51(47-16-14-36-10-4-6-12-45(36)52-47,48-17-15-37-11-5-7-13-46(37)53-48)44-29-38(35-8-2-1-3-9-35)28-43(44)30-55(49-39-20-31-18-32(22-39)23-40(49)21-31)50-41-24-33-19-34(26-41)27-42(50)25-33;1-2-4-5-3-1;/h1-17,28-29,31-34,39-42,49-50H,18-27,30,54H2;1-5H;. The van der Waals surface area contributed by atoms with Crippen LogP contribution in [0.3, 0.4) is 0 Å². The summed E-state index contributed by atoms with van der Waals surface area (Å²) >= 11 is 0. The van der Waals surface area contributed by atoms with Crippen molar-refractivity contribution in [2.24, 2.45) is 47.3 Å². The molecule has 8 bridgehead atoms. The summed E-state index contributed by atoms with van der Waals surface area (Å²) in [7, 11) is 3.85. The van der Waals surface area contributed by atoms with Gasteiger partial charge in [0.25, 0.3) is 0 Å². The van der Waals surface area contributed by atoms with Crippen LogP contribution in [0.2, 0.25) is 42.3 Å². The van der Waals surface area contributed by atoms with Crippen LogP contribution < -0.4 is 0 Å². The Morgan fingerprint density at radius 2 is 0.967 bits per heavy atom. The van der Waals surface area contributed by atoms with Crippen LogP contribution in [0.4, 0.5) is 0 Å². The zero-order chi connectivity index (χ0) is 39.0. The number of para-hydroxylation sites is 2. The Kier molecular flexibility index (Phi) is 3.29. The van der Waals surface area contributed by atoms with Crippen molar-refractivity contribution in [3.05, 3.63) is 120 Å². The molecule has 12 heterocycles. The van der Waals surface area contributed by atoms with Gasteiger partial charge in [-0.05, 0) is 0 Å². The summed E-state index contributed by atoms with van der Waals surface area (Å²) in [6, 6.07) is 40.9. The number of rotatable bonds is 8. The van der Waals surface area contributed by atoms with Crippen LogP contribution in [-0.2, 0) is 16.0 Å². The van der Waals surface area contributed by atoms with Gasteiger partial charge >= 0.3 is 356 Å². The molecule has 10 saturated heterocycles. The van der Waals surface area contributed by atoms with Crippen molar-refractivity contribution in [2.75, 3.05) is 6.16 Å². The van der Waals surface area contributed by atoms with Crippen molar-refractivity contribution in [2.45, 2.75) is 127 Å². The third kappa shape index (κ3) is 1.24. The van der Waals surface area contributed by atoms with E-state index in [-0.39, 0.29) is 13.1 Å². The van der Waals surface area contributed by atoms with Gasteiger partial charge in [0.05, 0.1) is 0 Å². The average molecular weight is 877 g/mol. The first kappa shape index (κ1) is 31.7. The van der Waals surface area contributed by atoms with E-state index in [0.717, 1.165) is 92.4 Å². The van der Waals surface area contributed by atoms with Crippen LogP contribution in [0.25, 0.3) is 21.8 Å². The first-order chi connectivity index (χ1) is 29.7. The van der Waals surface area contributed by atoms with E-state index in [1.165, 1.54) is 33.2 Å². The van der Waals surface area contributed by atoms with E-state index in [1.54, 1.807) is 70.4 Å². The van der Waals surface area contributed by atoms with Gasteiger partial charge in [0.2, 0.25) is 0 Å². The van der Waals surface area contributed by atoms with E-state index in [0.29, 0.717) is 12.9 Å². The number of aromatic nitrogens is 2. The average Bonchev–Trinajstić information content (AvgIpc) is 4.24. The minimum absolute atomic E-state index is 0.0462. The van der Waals surface area contributed by atoms with Gasteiger partial charge in [-0.15, -0.1) is 0 Å². The number of benzene rings is 3. The Labute approximate surface area is 354 Å². The maximum absolute atomic E-state index is 5.96. The molecule has 18 aliphatic rings. The van der Waals surface area contributed by atoms with Crippen LogP contribution >= 0.6 is 17.2 Å². The van der Waals surface area contributed by atoms with Gasteiger partial charge < -0.3 is 0 Å². The van der Waals surface area contributed by atoms with Gasteiger partial charge in [-0.3, -0.25) is 0 Å². The molecule has 10 aliphatic heterocycles. The summed E-state index contributed by atoms with van der Waals surface area (Å²) in [6.45, 7) is -4.64. The zero-order valence-corrected chi connectivity index (χ0v) is 38.3. The molecule has 8 saturated carbocycles. The van der Waals surface area contributed by atoms with E-state index in [4.69, 9.17) is 9.97 Å². The molecule has 0 amide bonds. The Morgan fingerprint density at radius 1 is 0.525 bits per heavy atom. The minimum atomic E-state index is -4.64. The van der Waals surface area contributed by atoms with Crippen LogP contribution in [0.1, 0.15) is 81.2 Å². The number of hydrogen-bond acceptors (Lipinski definition) is 2. The van der Waals surface area contributed by atoms with E-state index >= 15 is 0 Å². The van der Waals surface area contributed by atoms with Crippen molar-refractivity contribution < 1.29 is 6.51 Å². The van der Waals surface area contributed by atoms with Crippen molar-refractivity contribution in [1.82, 2.24) is 9.97 Å². The predicted molar refractivity (Wildman–Crippen MR) is 247 cm³/mol. The van der Waals surface area contributed by atoms with E-state index in [9.17, 15) is 0 Å². The molecule has 310 valence electrons. The fraction of sp³-hybridized carbons (Fsp3) is 0.571. The van der Waals surface area contributed by atoms with Crippen molar-refractivity contribution in [3.8, 4) is 0 Å². The molecule has 0 radical (unpaired) electrons. The van der Waals surface area contributed by atoms with Crippen molar-refractivity contribution in [1.29, 1.82) is 0 Å². The normalized spacial score (nSPS) is 63.1. The number of fused-ring (bicyclic) bond motifs is 12. The molecule has 23 rings (SSSR count). The SMILES string of the molecule is PC(c1ccc2ccccc2n1)(c1ccc2ccccc2n1)[C]12[CH]3[C]4(c5ccccc5)[CH]5[C]1(CP(C1C6CC7CC(C6)CC1C7)C1C6CC7CC(C6)CC1C7)[Fe]53421678[CH]2[CH]1[CH]6[CH]7[CH]28. The van der Waals surface area contributed by atoms with Crippen LogP contribution in [-0.4, -0.2) is 27.4 Å². The Hall–Kier alpha value is -2.14. The molecule has 8 aliphatic carbocycles. The molecule has 5 heteroatoms. The van der Waals surface area contributed by atoms with E-state index < -0.39 is 6.51 Å². The number of nitrogens with zero attached hydrogens (tertiary/aromatic N) is 2. The second kappa shape index (κ2) is 6.33. The van der Waals surface area contributed by atoms with Gasteiger partial charge in [-0.25, -0.2) is 0 Å². The van der Waals surface area contributed by atoms with Crippen LogP contribution in [0.5, 0.6) is 0 Å². The fourth-order valence-corrected chi connectivity index (χ4v) is 124. The summed E-state index contributed by atoms with van der Waals surface area (Å²) in [6.07, 6.45) is 17.9. The Morgan fingerprint density at radius 3 is 1.43 bits per heavy atom. The Bertz CT molecular complexity index is 3230. The molecule has 2 aromatic heterocycles. The molecule has 3 aromatic carbocycles. The van der Waals surface area contributed by atoms with Crippen molar-refractivity contribution >= 4 is 39.0 Å². The quantitative estimate of drug-likeness (QED) is 0.115. The van der Waals surface area contributed by atoms with Crippen LogP contribution in [0.15, 0.2) is 103 Å². The maximum atomic E-state index is 5.96. The summed E-state index contributed by atoms with van der Waals surface area (Å²) < 4.78 is 1.64. The van der Waals surface area contributed by atoms with E-state index in [2.05, 4.69) is 112 Å². The van der Waals surface area contributed by atoms with Gasteiger partial charge in [0.15, 0.2) is 0 Å². The summed E-state index contributed by atoms with van der Waals surface area (Å²) in [5.41, 5.74) is 9.19. The molecule has 1 spiro atoms. The summed E-state index contributed by atoms with van der Waals surface area (Å²) in [5, 5.41) is 2.35. The van der Waals surface area contributed by atoms with Gasteiger partial charge in [0.1, 0.15) is 0 Å². The molecule has 6 unspecified atom stereocenters. The third-order valence-electron chi connectivity index (χ3n) is 30.6. The van der Waals surface area contributed by atoms with Gasteiger partial charge in [-0.1, -0.05) is 0 Å².